The van der Waals surface area contributed by atoms with Crippen LogP contribution in [0, 0.1) is 0 Å². The molecule has 2 rings (SSSR count). The van der Waals surface area contributed by atoms with Gasteiger partial charge in [0.25, 0.3) is 0 Å². The van der Waals surface area contributed by atoms with E-state index in [4.69, 9.17) is 16.3 Å². The lowest BCUT2D eigenvalue weighted by atomic mass is 9.90. The molecule has 0 radical (unpaired) electrons. The molecule has 0 fully saturated rings. The Labute approximate surface area is 114 Å². The fourth-order valence-corrected chi connectivity index (χ4v) is 3.27. The van der Waals surface area contributed by atoms with Crippen molar-refractivity contribution in [2.45, 2.75) is 22.5 Å². The van der Waals surface area contributed by atoms with E-state index in [1.807, 2.05) is 30.3 Å². The van der Waals surface area contributed by atoms with Gasteiger partial charge in [-0.05, 0) is 21.5 Å². The molecule has 0 N–H and O–H groups in total. The Kier molecular flexibility index (Phi) is 3.62. The largest absolute Gasteiger partial charge is 0.363 e. The van der Waals surface area contributed by atoms with Crippen LogP contribution in [0.25, 0.3) is 5.57 Å². The van der Waals surface area contributed by atoms with Crippen molar-refractivity contribution in [2.24, 2.45) is 0 Å². The molecule has 2 unspecified atom stereocenters. The van der Waals surface area contributed by atoms with Gasteiger partial charge in [0.05, 0.1) is 0 Å². The maximum absolute atomic E-state index is 14.6. The van der Waals surface area contributed by atoms with Crippen LogP contribution >= 0.6 is 27.5 Å². The molecule has 0 aliphatic heterocycles. The van der Waals surface area contributed by atoms with Gasteiger partial charge in [0.1, 0.15) is 5.06 Å². The first kappa shape index (κ1) is 13.1. The van der Waals surface area contributed by atoms with Gasteiger partial charge in [-0.25, -0.2) is 4.39 Å². The summed E-state index contributed by atoms with van der Waals surface area (Å²) in [6.45, 7) is 0. The van der Waals surface area contributed by atoms with Gasteiger partial charge in [-0.3, -0.25) is 0 Å². The van der Waals surface area contributed by atoms with Gasteiger partial charge in [0.2, 0.25) is 0 Å². The van der Waals surface area contributed by atoms with E-state index in [2.05, 4.69) is 15.9 Å². The summed E-state index contributed by atoms with van der Waals surface area (Å²) in [6.07, 6.45) is 2.37. The molecule has 4 heteroatoms. The average Bonchev–Trinajstić information content (AvgIpc) is 2.29. The molecule has 1 aliphatic rings. The lowest BCUT2D eigenvalue weighted by Gasteiger charge is -2.36. The van der Waals surface area contributed by atoms with Gasteiger partial charge in [0, 0.05) is 25.5 Å². The van der Waals surface area contributed by atoms with Crippen LogP contribution in [0.4, 0.5) is 4.39 Å². The van der Waals surface area contributed by atoms with Crippen LogP contribution in [-0.4, -0.2) is 16.7 Å². The van der Waals surface area contributed by atoms with Crippen molar-refractivity contribution in [3.05, 3.63) is 42.0 Å². The lowest BCUT2D eigenvalue weighted by Crippen LogP contribution is -2.36. The van der Waals surface area contributed by atoms with E-state index in [0.29, 0.717) is 12.0 Å². The van der Waals surface area contributed by atoms with Crippen molar-refractivity contribution >= 4 is 33.1 Å². The highest BCUT2D eigenvalue weighted by Crippen LogP contribution is 2.49. The van der Waals surface area contributed by atoms with E-state index in [1.165, 1.54) is 7.11 Å². The van der Waals surface area contributed by atoms with Crippen molar-refractivity contribution in [1.82, 2.24) is 0 Å². The average molecular weight is 320 g/mol. The van der Waals surface area contributed by atoms with Gasteiger partial charge >= 0.3 is 0 Å². The Balaban J connectivity index is 2.37. The molecule has 0 amide bonds. The van der Waals surface area contributed by atoms with E-state index in [0.717, 1.165) is 5.56 Å². The fourth-order valence-electron chi connectivity index (χ4n) is 2.00. The zero-order chi connectivity index (χ0) is 12.5. The Hall–Kier alpha value is -0.380. The molecule has 0 aromatic heterocycles. The van der Waals surface area contributed by atoms with E-state index < -0.39 is 9.64 Å². The molecule has 0 saturated heterocycles. The first-order valence-corrected chi connectivity index (χ1v) is 6.52. The maximum atomic E-state index is 14.6. The van der Waals surface area contributed by atoms with Crippen LogP contribution < -0.4 is 0 Å². The molecular weight excluding hydrogens is 306 g/mol. The summed E-state index contributed by atoms with van der Waals surface area (Å²) in [5.74, 6) is 0. The zero-order valence-electron chi connectivity index (χ0n) is 9.42. The number of halogens is 3. The summed E-state index contributed by atoms with van der Waals surface area (Å²) in [5, 5.41) is -0.962. The summed E-state index contributed by atoms with van der Waals surface area (Å²) >= 11 is 9.27. The zero-order valence-corrected chi connectivity index (χ0v) is 11.8. The highest BCUT2D eigenvalue weighted by molar-refractivity contribution is 9.10. The van der Waals surface area contributed by atoms with E-state index in [1.54, 1.807) is 6.08 Å². The summed E-state index contributed by atoms with van der Waals surface area (Å²) in [7, 11) is 1.50. The van der Waals surface area contributed by atoms with Crippen LogP contribution in [0.1, 0.15) is 18.4 Å². The number of hydrogen-bond donors (Lipinski definition) is 0. The SMILES string of the molecule is COC1(Cl)CC=C(c2ccccc2)C(F)(Br)C1. The van der Waals surface area contributed by atoms with Crippen molar-refractivity contribution in [1.29, 1.82) is 0 Å². The van der Waals surface area contributed by atoms with Gasteiger partial charge in [-0.1, -0.05) is 48.0 Å². The molecule has 0 heterocycles. The van der Waals surface area contributed by atoms with Crippen LogP contribution in [0.2, 0.25) is 0 Å². The predicted octanol–water partition coefficient (Wildman–Crippen LogP) is 4.51. The molecule has 92 valence electrons. The molecule has 1 aliphatic carbocycles. The summed E-state index contributed by atoms with van der Waals surface area (Å²) in [4.78, 5) is 0. The van der Waals surface area contributed by atoms with Crippen molar-refractivity contribution in [3.63, 3.8) is 0 Å². The predicted molar refractivity (Wildman–Crippen MR) is 72.0 cm³/mol. The van der Waals surface area contributed by atoms with E-state index >= 15 is 0 Å². The van der Waals surface area contributed by atoms with Gasteiger partial charge in [0.15, 0.2) is 4.58 Å². The molecular formula is C13H13BrClFO. The molecule has 1 nitrogen and oxygen atoms in total. The number of benzene rings is 1. The fraction of sp³-hybridized carbons (Fsp3) is 0.385. The highest BCUT2D eigenvalue weighted by atomic mass is 79.9. The minimum atomic E-state index is -1.65. The molecule has 0 bridgehead atoms. The normalized spacial score (nSPS) is 33.3. The third-order valence-corrected chi connectivity index (χ3v) is 4.09. The minimum Gasteiger partial charge on any atom is -0.363 e. The first-order chi connectivity index (χ1) is 7.97. The Morgan fingerprint density at radius 1 is 1.35 bits per heavy atom. The standard InChI is InChI=1S/C13H13BrClFO/c1-17-12(15)8-7-11(13(14,16)9-12)10-5-3-2-4-6-10/h2-7H,8-9H2,1H3. The number of allylic oxidation sites excluding steroid dienone is 1. The summed E-state index contributed by atoms with van der Waals surface area (Å²) in [6, 6.07) is 9.45. The summed E-state index contributed by atoms with van der Waals surface area (Å²) in [5.41, 5.74) is 1.48. The Morgan fingerprint density at radius 2 is 2.00 bits per heavy atom. The molecule has 2 atom stereocenters. The highest BCUT2D eigenvalue weighted by Gasteiger charge is 2.45. The molecule has 17 heavy (non-hydrogen) atoms. The number of alkyl halides is 3. The Morgan fingerprint density at radius 3 is 2.53 bits per heavy atom. The molecule has 0 saturated carbocycles. The van der Waals surface area contributed by atoms with Crippen molar-refractivity contribution in [3.8, 4) is 0 Å². The molecule has 1 aromatic rings. The van der Waals surface area contributed by atoms with Crippen LogP contribution in [0.3, 0.4) is 0 Å². The quantitative estimate of drug-likeness (QED) is 0.729. The van der Waals surface area contributed by atoms with Gasteiger partial charge in [-0.2, -0.15) is 0 Å². The van der Waals surface area contributed by atoms with Gasteiger partial charge in [-0.15, -0.1) is 0 Å². The molecule has 0 spiro atoms. The number of ether oxygens (including phenoxy) is 1. The van der Waals surface area contributed by atoms with E-state index in [9.17, 15) is 4.39 Å². The topological polar surface area (TPSA) is 9.23 Å². The maximum Gasteiger partial charge on any atom is 0.194 e. The second kappa shape index (κ2) is 4.71. The van der Waals surface area contributed by atoms with Crippen LogP contribution in [0.5, 0.6) is 0 Å². The third-order valence-electron chi connectivity index (χ3n) is 2.94. The number of methoxy groups -OCH3 is 1. The first-order valence-electron chi connectivity index (χ1n) is 5.35. The minimum absolute atomic E-state index is 0.0821. The molecule has 1 aromatic carbocycles. The second-order valence-corrected chi connectivity index (χ2v) is 6.10. The van der Waals surface area contributed by atoms with Crippen molar-refractivity contribution in [2.75, 3.05) is 7.11 Å². The smallest absolute Gasteiger partial charge is 0.194 e. The van der Waals surface area contributed by atoms with Crippen LogP contribution in [0.15, 0.2) is 36.4 Å². The van der Waals surface area contributed by atoms with E-state index in [-0.39, 0.29) is 6.42 Å². The third kappa shape index (κ3) is 2.72. The number of rotatable bonds is 2. The van der Waals surface area contributed by atoms with Gasteiger partial charge < -0.3 is 4.74 Å². The monoisotopic (exact) mass is 318 g/mol. The lowest BCUT2D eigenvalue weighted by molar-refractivity contribution is 0.0370. The van der Waals surface area contributed by atoms with Crippen molar-refractivity contribution < 1.29 is 9.13 Å². The summed E-state index contributed by atoms with van der Waals surface area (Å²) < 4.78 is 18.1. The van der Waals surface area contributed by atoms with Crippen LogP contribution in [-0.2, 0) is 4.74 Å². The second-order valence-electron chi connectivity index (χ2n) is 4.16. The number of hydrogen-bond acceptors (Lipinski definition) is 1. The Bertz CT molecular complexity index is 432.